The number of esters is 2. The molecule has 0 aliphatic rings. The second kappa shape index (κ2) is 41.4. The molecule has 2 unspecified atom stereocenters. The molecule has 0 saturated carbocycles. The van der Waals surface area contributed by atoms with Crippen LogP contribution in [0.15, 0.2) is 0 Å². The number of carbonyl (C=O) groups is 2. The number of aliphatic hydroxyl groups excluding tert-OH is 3. The second-order valence-corrected chi connectivity index (χ2v) is 16.3. The summed E-state index contributed by atoms with van der Waals surface area (Å²) in [7, 11) is 0. The van der Waals surface area contributed by atoms with Crippen molar-refractivity contribution in [3.05, 3.63) is 0 Å². The van der Waals surface area contributed by atoms with E-state index in [-0.39, 0.29) is 24.6 Å². The summed E-state index contributed by atoms with van der Waals surface area (Å²) >= 11 is 0. The number of unbranched alkanes of at least 4 members (excludes halogenated alkanes) is 21. The third-order valence-corrected chi connectivity index (χ3v) is 10.7. The van der Waals surface area contributed by atoms with Crippen molar-refractivity contribution in [1.29, 1.82) is 0 Å². The lowest BCUT2D eigenvalue weighted by Gasteiger charge is -2.27. The highest BCUT2D eigenvalue weighted by atomic mass is 16.5. The number of nitrogens with zero attached hydrogens (tertiary/aromatic N) is 1. The van der Waals surface area contributed by atoms with Crippen molar-refractivity contribution in [3.63, 3.8) is 0 Å². The van der Waals surface area contributed by atoms with Crippen LogP contribution in [-0.2, 0) is 19.1 Å². The number of rotatable bonds is 43. The van der Waals surface area contributed by atoms with Crippen molar-refractivity contribution in [2.45, 2.75) is 251 Å². The smallest absolute Gasteiger partial charge is 0.306 e. The molecular weight excluding hydrogens is 679 g/mol. The summed E-state index contributed by atoms with van der Waals surface area (Å²) < 4.78 is 11.4. The van der Waals surface area contributed by atoms with Crippen molar-refractivity contribution < 1.29 is 34.4 Å². The van der Waals surface area contributed by atoms with Crippen LogP contribution in [0.3, 0.4) is 0 Å². The Kier molecular flexibility index (Phi) is 40.5. The Morgan fingerprint density at radius 2 is 0.889 bits per heavy atom. The van der Waals surface area contributed by atoms with Crippen LogP contribution in [0.25, 0.3) is 0 Å². The first-order chi connectivity index (χ1) is 26.4. The number of hydrogen-bond acceptors (Lipinski definition) is 8. The van der Waals surface area contributed by atoms with Crippen LogP contribution in [0.5, 0.6) is 0 Å². The first-order valence-electron chi connectivity index (χ1n) is 23.4. The third kappa shape index (κ3) is 37.7. The highest BCUT2D eigenvalue weighted by Crippen LogP contribution is 2.19. The largest absolute Gasteiger partial charge is 0.466 e. The molecule has 54 heavy (non-hydrogen) atoms. The van der Waals surface area contributed by atoms with E-state index in [0.717, 1.165) is 90.0 Å². The van der Waals surface area contributed by atoms with Gasteiger partial charge in [0.25, 0.3) is 0 Å². The van der Waals surface area contributed by atoms with E-state index in [1.807, 2.05) is 0 Å². The summed E-state index contributed by atoms with van der Waals surface area (Å²) in [6.07, 6.45) is 33.2. The Morgan fingerprint density at radius 1 is 0.481 bits per heavy atom. The topological polar surface area (TPSA) is 117 Å². The molecule has 322 valence electrons. The summed E-state index contributed by atoms with van der Waals surface area (Å²) in [5.74, 6) is -0.183. The van der Waals surface area contributed by atoms with Crippen molar-refractivity contribution >= 4 is 11.9 Å². The maximum atomic E-state index is 12.8. The molecule has 0 aromatic heterocycles. The van der Waals surface area contributed by atoms with Gasteiger partial charge >= 0.3 is 11.9 Å². The number of aliphatic hydroxyl groups is 3. The van der Waals surface area contributed by atoms with Gasteiger partial charge in [-0.15, -0.1) is 0 Å². The van der Waals surface area contributed by atoms with Gasteiger partial charge < -0.3 is 24.8 Å². The summed E-state index contributed by atoms with van der Waals surface area (Å²) in [5, 5.41) is 30.9. The molecule has 2 atom stereocenters. The van der Waals surface area contributed by atoms with E-state index in [1.165, 1.54) is 96.3 Å². The molecule has 0 fully saturated rings. The van der Waals surface area contributed by atoms with Gasteiger partial charge in [0.05, 0.1) is 18.8 Å². The lowest BCUT2D eigenvalue weighted by molar-refractivity contribution is -0.150. The van der Waals surface area contributed by atoms with Gasteiger partial charge in [0.1, 0.15) is 6.10 Å². The molecule has 0 heterocycles. The first kappa shape index (κ1) is 52.8. The van der Waals surface area contributed by atoms with Gasteiger partial charge in [0.2, 0.25) is 0 Å². The average Bonchev–Trinajstić information content (AvgIpc) is 3.15. The SMILES string of the molecule is CCCCCCCCCOC(=O)CCCCCC(O)CN(CCCCO)CC(O)CCCCCC(=O)OC(CCCCCCCC)CCCCCCCC. The Morgan fingerprint density at radius 3 is 1.37 bits per heavy atom. The zero-order valence-electron chi connectivity index (χ0n) is 36.0. The molecule has 0 amide bonds. The minimum Gasteiger partial charge on any atom is -0.466 e. The molecule has 8 nitrogen and oxygen atoms in total. The Balaban J connectivity index is 4.34. The van der Waals surface area contributed by atoms with Crippen molar-refractivity contribution in [2.75, 3.05) is 32.8 Å². The molecule has 0 radical (unpaired) electrons. The zero-order valence-corrected chi connectivity index (χ0v) is 36.0. The lowest BCUT2D eigenvalue weighted by Crippen LogP contribution is -2.38. The fourth-order valence-corrected chi connectivity index (χ4v) is 7.26. The van der Waals surface area contributed by atoms with Gasteiger partial charge in [-0.1, -0.05) is 149 Å². The van der Waals surface area contributed by atoms with Gasteiger partial charge in [0.15, 0.2) is 0 Å². The molecule has 0 saturated heterocycles. The predicted octanol–water partition coefficient (Wildman–Crippen LogP) is 11.4. The van der Waals surface area contributed by atoms with Gasteiger partial charge in [-0.3, -0.25) is 14.5 Å². The minimum absolute atomic E-state index is 0.0528. The van der Waals surface area contributed by atoms with Crippen LogP contribution in [-0.4, -0.2) is 83.3 Å². The van der Waals surface area contributed by atoms with Gasteiger partial charge in [-0.2, -0.15) is 0 Å². The van der Waals surface area contributed by atoms with Crippen LogP contribution in [0.1, 0.15) is 233 Å². The van der Waals surface area contributed by atoms with Crippen LogP contribution in [0, 0.1) is 0 Å². The van der Waals surface area contributed by atoms with E-state index < -0.39 is 12.2 Å². The van der Waals surface area contributed by atoms with E-state index in [2.05, 4.69) is 25.7 Å². The molecule has 0 bridgehead atoms. The first-order valence-corrected chi connectivity index (χ1v) is 23.4. The van der Waals surface area contributed by atoms with Gasteiger partial charge in [-0.25, -0.2) is 0 Å². The Labute approximate surface area is 334 Å². The van der Waals surface area contributed by atoms with Crippen LogP contribution in [0.4, 0.5) is 0 Å². The van der Waals surface area contributed by atoms with Crippen molar-refractivity contribution in [2.24, 2.45) is 0 Å². The monoisotopic (exact) mass is 770 g/mol. The van der Waals surface area contributed by atoms with E-state index in [1.54, 1.807) is 0 Å². The quantitative estimate of drug-likeness (QED) is 0.0415. The van der Waals surface area contributed by atoms with Crippen LogP contribution in [0.2, 0.25) is 0 Å². The Bertz CT molecular complexity index is 781. The summed E-state index contributed by atoms with van der Waals surface area (Å²) in [6.45, 7) is 9.09. The number of ether oxygens (including phenoxy) is 2. The molecule has 0 spiro atoms. The fourth-order valence-electron chi connectivity index (χ4n) is 7.26. The van der Waals surface area contributed by atoms with E-state index >= 15 is 0 Å². The summed E-state index contributed by atoms with van der Waals surface area (Å²) in [5.41, 5.74) is 0. The van der Waals surface area contributed by atoms with E-state index in [4.69, 9.17) is 9.47 Å². The molecule has 0 aliphatic carbocycles. The second-order valence-electron chi connectivity index (χ2n) is 16.3. The maximum Gasteiger partial charge on any atom is 0.306 e. The fraction of sp³-hybridized carbons (Fsp3) is 0.957. The van der Waals surface area contributed by atoms with Crippen LogP contribution < -0.4 is 0 Å². The van der Waals surface area contributed by atoms with E-state index in [9.17, 15) is 24.9 Å². The molecule has 0 aromatic rings. The molecule has 8 heteroatoms. The summed E-state index contributed by atoms with van der Waals surface area (Å²) in [4.78, 5) is 26.9. The zero-order chi connectivity index (χ0) is 39.7. The number of carbonyl (C=O) groups excluding carboxylic acids is 2. The van der Waals surface area contributed by atoms with Gasteiger partial charge in [-0.05, 0) is 77.2 Å². The van der Waals surface area contributed by atoms with Crippen molar-refractivity contribution in [1.82, 2.24) is 4.90 Å². The predicted molar refractivity (Wildman–Crippen MR) is 226 cm³/mol. The highest BCUT2D eigenvalue weighted by molar-refractivity contribution is 5.69. The Hall–Kier alpha value is -1.22. The van der Waals surface area contributed by atoms with Crippen LogP contribution >= 0.6 is 0 Å². The number of hydrogen-bond donors (Lipinski definition) is 3. The minimum atomic E-state index is -0.496. The molecular formula is C46H91NO7. The molecule has 0 aromatic carbocycles. The molecule has 0 aliphatic heterocycles. The lowest BCUT2D eigenvalue weighted by atomic mass is 10.0. The average molecular weight is 770 g/mol. The van der Waals surface area contributed by atoms with Crippen molar-refractivity contribution in [3.8, 4) is 0 Å². The standard InChI is InChI=1S/C46H91NO7/c1-4-7-10-13-16-19-30-39-53-45(51)35-26-20-22-31-42(49)40-47(37-28-29-38-48)41-43(50)32-23-21-27-36-46(52)54-44(33-24-17-14-11-8-5-2)34-25-18-15-12-9-6-3/h42-44,48-50H,4-41H2,1-3H3. The molecule has 3 N–H and O–H groups in total. The maximum absolute atomic E-state index is 12.8. The normalized spacial score (nSPS) is 12.8. The van der Waals surface area contributed by atoms with Gasteiger partial charge in [0, 0.05) is 32.5 Å². The third-order valence-electron chi connectivity index (χ3n) is 10.7. The highest BCUT2D eigenvalue weighted by Gasteiger charge is 2.17. The van der Waals surface area contributed by atoms with E-state index in [0.29, 0.717) is 51.8 Å². The summed E-state index contributed by atoms with van der Waals surface area (Å²) in [6, 6.07) is 0. The molecule has 0 rings (SSSR count).